The lowest BCUT2D eigenvalue weighted by Crippen LogP contribution is -2.24. The van der Waals surface area contributed by atoms with Gasteiger partial charge in [-0.1, -0.05) is 26.3 Å². The molecular weight excluding hydrogens is 216 g/mol. The molecule has 94 valence electrons. The van der Waals surface area contributed by atoms with Crippen LogP contribution in [0.1, 0.15) is 39.5 Å². The maximum Gasteiger partial charge on any atom is 0.235 e. The van der Waals surface area contributed by atoms with E-state index in [9.17, 15) is 9.59 Å². The fraction of sp³-hybridized carbons (Fsp3) is 0.692. The van der Waals surface area contributed by atoms with Crippen molar-refractivity contribution in [1.82, 2.24) is 0 Å². The van der Waals surface area contributed by atoms with Gasteiger partial charge < -0.3 is 0 Å². The maximum absolute atomic E-state index is 10.3. The maximum atomic E-state index is 10.3. The third kappa shape index (κ3) is 6.62. The summed E-state index contributed by atoms with van der Waals surface area (Å²) in [5.41, 5.74) is 0.0416. The van der Waals surface area contributed by atoms with E-state index in [4.69, 9.17) is 0 Å². The fourth-order valence-electron chi connectivity index (χ4n) is 2.18. The SMILES string of the molecule is C=CCC(C)(CCC)CC(CN=C=O)N=C=O. The van der Waals surface area contributed by atoms with Crippen LogP contribution in [0.4, 0.5) is 0 Å². The summed E-state index contributed by atoms with van der Waals surface area (Å²) in [4.78, 5) is 27.6. The van der Waals surface area contributed by atoms with Crippen LogP contribution in [-0.4, -0.2) is 24.7 Å². The molecule has 0 aliphatic rings. The van der Waals surface area contributed by atoms with Crippen LogP contribution in [-0.2, 0) is 9.59 Å². The molecule has 0 amide bonds. The van der Waals surface area contributed by atoms with Crippen molar-refractivity contribution in [3.63, 3.8) is 0 Å². The van der Waals surface area contributed by atoms with E-state index in [1.807, 2.05) is 6.08 Å². The highest BCUT2D eigenvalue weighted by molar-refractivity contribution is 5.35. The highest BCUT2D eigenvalue weighted by atomic mass is 16.1. The van der Waals surface area contributed by atoms with E-state index in [-0.39, 0.29) is 18.0 Å². The highest BCUT2D eigenvalue weighted by Crippen LogP contribution is 2.34. The van der Waals surface area contributed by atoms with Crippen molar-refractivity contribution in [2.45, 2.75) is 45.6 Å². The van der Waals surface area contributed by atoms with Gasteiger partial charge in [-0.05, 0) is 24.7 Å². The molecule has 0 fully saturated rings. The molecule has 4 heteroatoms. The molecule has 0 aliphatic carbocycles. The van der Waals surface area contributed by atoms with Crippen molar-refractivity contribution in [2.24, 2.45) is 15.4 Å². The zero-order valence-corrected chi connectivity index (χ0v) is 10.6. The summed E-state index contributed by atoms with van der Waals surface area (Å²) in [7, 11) is 0. The van der Waals surface area contributed by atoms with Gasteiger partial charge in [0.15, 0.2) is 0 Å². The number of aliphatic imine (C=N–C) groups is 2. The van der Waals surface area contributed by atoms with Crippen LogP contribution in [0, 0.1) is 5.41 Å². The van der Waals surface area contributed by atoms with Crippen LogP contribution in [0.5, 0.6) is 0 Å². The second kappa shape index (κ2) is 8.63. The zero-order chi connectivity index (χ0) is 13.1. The summed E-state index contributed by atoms with van der Waals surface area (Å²) >= 11 is 0. The molecule has 2 atom stereocenters. The molecule has 17 heavy (non-hydrogen) atoms. The number of nitrogens with zero attached hydrogens (tertiary/aromatic N) is 2. The van der Waals surface area contributed by atoms with Crippen molar-refractivity contribution in [3.05, 3.63) is 12.7 Å². The van der Waals surface area contributed by atoms with Crippen molar-refractivity contribution < 1.29 is 9.59 Å². The fourth-order valence-corrected chi connectivity index (χ4v) is 2.18. The third-order valence-electron chi connectivity index (χ3n) is 2.82. The monoisotopic (exact) mass is 236 g/mol. The summed E-state index contributed by atoms with van der Waals surface area (Å²) in [6, 6.07) is -0.287. The van der Waals surface area contributed by atoms with Gasteiger partial charge >= 0.3 is 0 Å². The lowest BCUT2D eigenvalue weighted by Gasteiger charge is -2.30. The van der Waals surface area contributed by atoms with Crippen LogP contribution < -0.4 is 0 Å². The van der Waals surface area contributed by atoms with E-state index in [0.29, 0.717) is 6.42 Å². The predicted octanol–water partition coefficient (Wildman–Crippen LogP) is 2.80. The van der Waals surface area contributed by atoms with Gasteiger partial charge in [0.1, 0.15) is 0 Å². The molecule has 0 rings (SSSR count). The Morgan fingerprint density at radius 3 is 2.59 bits per heavy atom. The summed E-state index contributed by atoms with van der Waals surface area (Å²) in [6.45, 7) is 8.20. The summed E-state index contributed by atoms with van der Waals surface area (Å²) in [5, 5.41) is 0. The number of carbonyl (C=O) groups excluding carboxylic acids is 2. The Morgan fingerprint density at radius 1 is 1.41 bits per heavy atom. The zero-order valence-electron chi connectivity index (χ0n) is 10.6. The number of isocyanates is 2. The Bertz CT molecular complexity index is 328. The van der Waals surface area contributed by atoms with Crippen molar-refractivity contribution >= 4 is 12.2 Å². The van der Waals surface area contributed by atoms with Gasteiger partial charge in [-0.25, -0.2) is 19.6 Å². The molecule has 0 saturated carbocycles. The number of hydrogen-bond acceptors (Lipinski definition) is 4. The molecule has 0 aromatic carbocycles. The smallest absolute Gasteiger partial charge is 0.211 e. The Balaban J connectivity index is 4.70. The van der Waals surface area contributed by atoms with Crippen LogP contribution in [0.3, 0.4) is 0 Å². The minimum absolute atomic E-state index is 0.0416. The lowest BCUT2D eigenvalue weighted by atomic mass is 9.77. The van der Waals surface area contributed by atoms with Crippen LogP contribution >= 0.6 is 0 Å². The normalized spacial score (nSPS) is 14.9. The highest BCUT2D eigenvalue weighted by Gasteiger charge is 2.26. The number of hydrogen-bond donors (Lipinski definition) is 0. The van der Waals surface area contributed by atoms with E-state index in [1.165, 1.54) is 6.08 Å². The average Bonchev–Trinajstić information content (AvgIpc) is 2.26. The lowest BCUT2D eigenvalue weighted by molar-refractivity contribution is 0.252. The van der Waals surface area contributed by atoms with Crippen molar-refractivity contribution in [3.8, 4) is 0 Å². The van der Waals surface area contributed by atoms with Crippen LogP contribution in [0.2, 0.25) is 0 Å². The quantitative estimate of drug-likeness (QED) is 0.351. The molecule has 0 heterocycles. The molecule has 0 aromatic heterocycles. The first-order chi connectivity index (χ1) is 8.11. The second-order valence-electron chi connectivity index (χ2n) is 4.56. The van der Waals surface area contributed by atoms with Gasteiger partial charge in [-0.15, -0.1) is 6.58 Å². The second-order valence-corrected chi connectivity index (χ2v) is 4.56. The average molecular weight is 236 g/mol. The molecule has 0 spiro atoms. The predicted molar refractivity (Wildman–Crippen MR) is 67.3 cm³/mol. The van der Waals surface area contributed by atoms with E-state index in [2.05, 4.69) is 30.4 Å². The molecule has 0 aliphatic heterocycles. The van der Waals surface area contributed by atoms with Gasteiger partial charge in [-0.3, -0.25) is 0 Å². The Hall–Kier alpha value is -1.50. The molecule has 2 unspecified atom stereocenters. The minimum atomic E-state index is -0.287. The van der Waals surface area contributed by atoms with E-state index in [0.717, 1.165) is 19.3 Å². The first-order valence-corrected chi connectivity index (χ1v) is 5.83. The Labute approximate surface area is 103 Å². The third-order valence-corrected chi connectivity index (χ3v) is 2.82. The van der Waals surface area contributed by atoms with Gasteiger partial charge in [0.25, 0.3) is 0 Å². The van der Waals surface area contributed by atoms with E-state index >= 15 is 0 Å². The van der Waals surface area contributed by atoms with E-state index < -0.39 is 0 Å². The van der Waals surface area contributed by atoms with Gasteiger partial charge in [-0.2, -0.15) is 0 Å². The van der Waals surface area contributed by atoms with Crippen molar-refractivity contribution in [1.29, 1.82) is 0 Å². The van der Waals surface area contributed by atoms with Gasteiger partial charge in [0, 0.05) is 0 Å². The van der Waals surface area contributed by atoms with Gasteiger partial charge in [0.05, 0.1) is 12.6 Å². The summed E-state index contributed by atoms with van der Waals surface area (Å²) in [5.74, 6) is 0. The Kier molecular flexibility index (Phi) is 7.87. The number of allylic oxidation sites excluding steroid dienone is 1. The molecule has 0 radical (unpaired) electrons. The van der Waals surface area contributed by atoms with E-state index in [1.54, 1.807) is 6.08 Å². The largest absolute Gasteiger partial charge is 0.235 e. The molecule has 0 aromatic rings. The minimum Gasteiger partial charge on any atom is -0.211 e. The standard InChI is InChI=1S/C13H20N2O2/c1-4-6-13(3,7-5-2)8-12(15-11-17)9-14-10-16/h4,12H,1,5-9H2,2-3H3. The topological polar surface area (TPSA) is 58.9 Å². The summed E-state index contributed by atoms with van der Waals surface area (Å²) in [6.07, 6.45) is 8.53. The number of rotatable bonds is 9. The van der Waals surface area contributed by atoms with Gasteiger partial charge in [0.2, 0.25) is 12.2 Å². The first-order valence-electron chi connectivity index (χ1n) is 5.83. The molecule has 0 bridgehead atoms. The molecule has 4 nitrogen and oxygen atoms in total. The molecule has 0 N–H and O–H groups in total. The summed E-state index contributed by atoms with van der Waals surface area (Å²) < 4.78 is 0. The van der Waals surface area contributed by atoms with Crippen molar-refractivity contribution in [2.75, 3.05) is 6.54 Å². The van der Waals surface area contributed by atoms with Crippen LogP contribution in [0.25, 0.3) is 0 Å². The molecular formula is C13H20N2O2. The first kappa shape index (κ1) is 15.5. The molecule has 0 saturated heterocycles. The Morgan fingerprint density at radius 2 is 2.12 bits per heavy atom. The van der Waals surface area contributed by atoms with Crippen LogP contribution in [0.15, 0.2) is 22.6 Å².